The molecule has 0 radical (unpaired) electrons. The lowest BCUT2D eigenvalue weighted by Crippen LogP contribution is -2.19. The summed E-state index contributed by atoms with van der Waals surface area (Å²) in [4.78, 5) is 11.2. The molecule has 1 atom stereocenters. The zero-order chi connectivity index (χ0) is 21.3. The van der Waals surface area contributed by atoms with Gasteiger partial charge in [-0.15, -0.1) is 0 Å². The highest BCUT2D eigenvalue weighted by molar-refractivity contribution is 9.10. The molecule has 0 aliphatic carbocycles. The van der Waals surface area contributed by atoms with Crippen LogP contribution in [0.2, 0.25) is 0 Å². The van der Waals surface area contributed by atoms with E-state index >= 15 is 0 Å². The topological polar surface area (TPSA) is 52.6 Å². The van der Waals surface area contributed by atoms with Gasteiger partial charge < -0.3 is 4.89 Å². The highest BCUT2D eigenvalue weighted by Gasteiger charge is 2.32. The van der Waals surface area contributed by atoms with Crippen molar-refractivity contribution in [2.75, 3.05) is 9.76 Å². The highest BCUT2D eigenvalue weighted by atomic mass is 79.9. The molecule has 0 aliphatic rings. The molecule has 152 valence electrons. The Morgan fingerprint density at radius 3 is 2.10 bits per heavy atom. The van der Waals surface area contributed by atoms with E-state index in [4.69, 9.17) is 0 Å². The summed E-state index contributed by atoms with van der Waals surface area (Å²) in [5.74, 6) is 0. The standard InChI is InChI=1S/C24H22BrN2O2P/c1-17-7-12-20(13-8-17)26-30(28,29)27(21-14-9-18(2)10-15-21)23-16-11-19-5-3-4-6-22(19)24(23)25/h3-16H,1-2H3,(H2,26,28,29). The zero-order valence-corrected chi connectivity index (χ0v) is 19.2. The Bertz CT molecular complexity index is 1240. The zero-order valence-electron chi connectivity index (χ0n) is 16.7. The Morgan fingerprint density at radius 1 is 0.833 bits per heavy atom. The van der Waals surface area contributed by atoms with Crippen LogP contribution in [0, 0.1) is 13.8 Å². The van der Waals surface area contributed by atoms with Gasteiger partial charge >= 0.3 is 7.67 Å². The van der Waals surface area contributed by atoms with E-state index in [2.05, 4.69) is 21.0 Å². The van der Waals surface area contributed by atoms with Crippen molar-refractivity contribution >= 4 is 51.4 Å². The minimum absolute atomic E-state index is 0.584. The Morgan fingerprint density at radius 2 is 1.43 bits per heavy atom. The second-order valence-corrected chi connectivity index (χ2v) is 9.79. The number of anilines is 3. The first kappa shape index (κ1) is 20.7. The third-order valence-corrected chi connectivity index (χ3v) is 7.32. The van der Waals surface area contributed by atoms with Crippen molar-refractivity contribution in [1.29, 1.82) is 0 Å². The highest BCUT2D eigenvalue weighted by Crippen LogP contribution is 2.55. The number of hydrogen-bond donors (Lipinski definition) is 2. The first-order valence-corrected chi connectivity index (χ1v) is 12.0. The van der Waals surface area contributed by atoms with Crippen molar-refractivity contribution in [3.05, 3.63) is 101 Å². The Hall–Kier alpha value is -2.59. The number of fused-ring (bicyclic) bond motifs is 1. The van der Waals surface area contributed by atoms with Gasteiger partial charge in [-0.2, -0.15) is 0 Å². The molecule has 0 saturated carbocycles. The SMILES string of the molecule is Cc1ccc(NP(=O)(O)N(c2ccc(C)cc2)c2ccc3ccccc3c2Br)cc1. The maximum absolute atomic E-state index is 13.7. The molecule has 0 aliphatic heterocycles. The molecule has 0 fully saturated rings. The number of aryl methyl sites for hydroxylation is 2. The van der Waals surface area contributed by atoms with Crippen molar-refractivity contribution in [2.45, 2.75) is 13.8 Å². The van der Waals surface area contributed by atoms with Crippen LogP contribution in [0.3, 0.4) is 0 Å². The van der Waals surface area contributed by atoms with Gasteiger partial charge in [0.05, 0.1) is 11.4 Å². The average Bonchev–Trinajstić information content (AvgIpc) is 2.73. The lowest BCUT2D eigenvalue weighted by Gasteiger charge is -2.31. The van der Waals surface area contributed by atoms with E-state index in [1.54, 1.807) is 12.1 Å². The van der Waals surface area contributed by atoms with Gasteiger partial charge in [-0.3, -0.25) is 9.76 Å². The van der Waals surface area contributed by atoms with Crippen LogP contribution < -0.4 is 9.76 Å². The van der Waals surface area contributed by atoms with E-state index in [0.717, 1.165) is 26.4 Å². The van der Waals surface area contributed by atoms with Gasteiger partial charge in [-0.05, 0) is 70.9 Å². The number of nitrogens with zero attached hydrogens (tertiary/aromatic N) is 1. The molecule has 4 rings (SSSR count). The molecule has 0 aromatic heterocycles. The molecule has 0 bridgehead atoms. The van der Waals surface area contributed by atoms with E-state index in [-0.39, 0.29) is 0 Å². The fraction of sp³-hybridized carbons (Fsp3) is 0.0833. The fourth-order valence-corrected chi connectivity index (χ4v) is 5.66. The minimum atomic E-state index is -4.05. The monoisotopic (exact) mass is 480 g/mol. The lowest BCUT2D eigenvalue weighted by atomic mass is 10.1. The molecule has 2 N–H and O–H groups in total. The maximum Gasteiger partial charge on any atom is 0.396 e. The van der Waals surface area contributed by atoms with E-state index < -0.39 is 7.67 Å². The summed E-state index contributed by atoms with van der Waals surface area (Å²) >= 11 is 3.68. The van der Waals surface area contributed by atoms with Crippen molar-refractivity contribution in [2.24, 2.45) is 0 Å². The van der Waals surface area contributed by atoms with Gasteiger partial charge in [0.2, 0.25) is 0 Å². The second kappa shape index (κ2) is 8.27. The van der Waals surface area contributed by atoms with Gasteiger partial charge in [0.15, 0.2) is 0 Å². The van der Waals surface area contributed by atoms with Crippen molar-refractivity contribution in [3.8, 4) is 0 Å². The molecule has 4 aromatic carbocycles. The van der Waals surface area contributed by atoms with Crippen LogP contribution in [0.4, 0.5) is 17.1 Å². The summed E-state index contributed by atoms with van der Waals surface area (Å²) in [5.41, 5.74) is 3.99. The largest absolute Gasteiger partial charge is 0.396 e. The number of rotatable bonds is 5. The molecular weight excluding hydrogens is 459 g/mol. The van der Waals surface area contributed by atoms with Crippen LogP contribution in [0.15, 0.2) is 89.4 Å². The van der Waals surface area contributed by atoms with Crippen LogP contribution in [0.1, 0.15) is 11.1 Å². The lowest BCUT2D eigenvalue weighted by molar-refractivity contribution is 0.484. The van der Waals surface area contributed by atoms with E-state index in [1.807, 2.05) is 86.6 Å². The minimum Gasteiger partial charge on any atom is -0.313 e. The summed E-state index contributed by atoms with van der Waals surface area (Å²) in [6.45, 7) is 3.97. The smallest absolute Gasteiger partial charge is 0.313 e. The van der Waals surface area contributed by atoms with Crippen LogP contribution >= 0.6 is 23.6 Å². The Kier molecular flexibility index (Phi) is 5.70. The summed E-state index contributed by atoms with van der Waals surface area (Å²) in [7, 11) is -4.05. The molecule has 1 unspecified atom stereocenters. The average molecular weight is 481 g/mol. The van der Waals surface area contributed by atoms with Gasteiger partial charge in [0.1, 0.15) is 0 Å². The summed E-state index contributed by atoms with van der Waals surface area (Å²) in [5, 5.41) is 4.88. The molecule has 0 amide bonds. The molecule has 0 spiro atoms. The molecule has 4 aromatic rings. The number of halogens is 1. The molecule has 4 nitrogen and oxygen atoms in total. The summed E-state index contributed by atoms with van der Waals surface area (Å²) in [6, 6.07) is 26.8. The normalized spacial score (nSPS) is 13.1. The van der Waals surface area contributed by atoms with Gasteiger partial charge in [0, 0.05) is 10.2 Å². The number of benzene rings is 4. The number of nitrogens with one attached hydrogen (secondary N) is 1. The third-order valence-electron chi connectivity index (χ3n) is 4.95. The first-order valence-electron chi connectivity index (χ1n) is 9.57. The van der Waals surface area contributed by atoms with Crippen LogP contribution in [-0.4, -0.2) is 4.89 Å². The molecule has 30 heavy (non-hydrogen) atoms. The van der Waals surface area contributed by atoms with Crippen LogP contribution in [-0.2, 0) is 4.57 Å². The Balaban J connectivity index is 1.86. The molecular formula is C24H22BrN2O2P. The maximum atomic E-state index is 13.7. The third kappa shape index (κ3) is 4.15. The number of hydrogen-bond acceptors (Lipinski definition) is 1. The second-order valence-electron chi connectivity index (χ2n) is 7.29. The summed E-state index contributed by atoms with van der Waals surface area (Å²) in [6.07, 6.45) is 0. The van der Waals surface area contributed by atoms with Crippen molar-refractivity contribution in [3.63, 3.8) is 0 Å². The van der Waals surface area contributed by atoms with E-state index in [9.17, 15) is 9.46 Å². The van der Waals surface area contributed by atoms with E-state index in [1.165, 1.54) is 4.67 Å². The Labute approximate surface area is 184 Å². The van der Waals surface area contributed by atoms with Gasteiger partial charge in [-0.1, -0.05) is 65.7 Å². The van der Waals surface area contributed by atoms with Gasteiger partial charge in [-0.25, -0.2) is 4.57 Å². The van der Waals surface area contributed by atoms with Crippen molar-refractivity contribution in [1.82, 2.24) is 0 Å². The molecule has 6 heteroatoms. The predicted molar refractivity (Wildman–Crippen MR) is 130 cm³/mol. The van der Waals surface area contributed by atoms with E-state index in [0.29, 0.717) is 17.1 Å². The van der Waals surface area contributed by atoms with Crippen LogP contribution in [0.5, 0.6) is 0 Å². The van der Waals surface area contributed by atoms with Gasteiger partial charge in [0.25, 0.3) is 0 Å². The first-order chi connectivity index (χ1) is 14.3. The molecule has 0 heterocycles. The molecule has 0 saturated heterocycles. The van der Waals surface area contributed by atoms with Crippen LogP contribution in [0.25, 0.3) is 10.8 Å². The fourth-order valence-electron chi connectivity index (χ4n) is 3.36. The van der Waals surface area contributed by atoms with Crippen molar-refractivity contribution < 1.29 is 9.46 Å². The predicted octanol–water partition coefficient (Wildman–Crippen LogP) is 7.57. The summed E-state index contributed by atoms with van der Waals surface area (Å²) < 4.78 is 15.9. The quantitative estimate of drug-likeness (QED) is 0.289.